The molecule has 0 saturated heterocycles. The van der Waals surface area contributed by atoms with Crippen LogP contribution in [0.1, 0.15) is 65.7 Å². The van der Waals surface area contributed by atoms with Gasteiger partial charge in [0, 0.05) is 0 Å². The quantitative estimate of drug-likeness (QED) is 0.382. The Labute approximate surface area is 78.1 Å². The van der Waals surface area contributed by atoms with Crippen LogP contribution < -0.4 is 0 Å². The summed E-state index contributed by atoms with van der Waals surface area (Å²) in [7, 11) is 0. The minimum atomic E-state index is 1.32. The van der Waals surface area contributed by atoms with E-state index in [1.54, 1.807) is 5.57 Å². The average molecular weight is 168 g/mol. The van der Waals surface area contributed by atoms with Gasteiger partial charge in [-0.15, -0.1) is 0 Å². The highest BCUT2D eigenvalue weighted by molar-refractivity contribution is 4.99. The fourth-order valence-electron chi connectivity index (χ4n) is 1.42. The summed E-state index contributed by atoms with van der Waals surface area (Å²) in [5.74, 6) is 0. The molecular weight excluding hydrogens is 144 g/mol. The molecule has 0 N–H and O–H groups in total. The van der Waals surface area contributed by atoms with Crippen LogP contribution in [-0.2, 0) is 0 Å². The minimum absolute atomic E-state index is 1.32. The summed E-state index contributed by atoms with van der Waals surface area (Å²) in [6, 6.07) is 0. The lowest BCUT2D eigenvalue weighted by Crippen LogP contribution is -1.84. The number of hydrogen-bond donors (Lipinski definition) is 0. The predicted molar refractivity (Wildman–Crippen MR) is 57.4 cm³/mol. The van der Waals surface area contributed by atoms with Crippen molar-refractivity contribution in [3.63, 3.8) is 0 Å². The normalized spacial score (nSPS) is 12.1. The van der Waals surface area contributed by atoms with Crippen LogP contribution >= 0.6 is 0 Å². The highest BCUT2D eigenvalue weighted by Crippen LogP contribution is 2.15. The standard InChI is InChI=1S/C12H24/c1-4-7-9-11-12(6-3)10-8-5-2/h6H,4-5,7-11H2,1-3H3. The Morgan fingerprint density at radius 2 is 1.50 bits per heavy atom. The second kappa shape index (κ2) is 8.83. The van der Waals surface area contributed by atoms with Crippen molar-refractivity contribution >= 4 is 0 Å². The first kappa shape index (κ1) is 11.7. The second-order valence-electron chi connectivity index (χ2n) is 3.51. The average Bonchev–Trinajstić information content (AvgIpc) is 2.11. The highest BCUT2D eigenvalue weighted by atomic mass is 14.0. The molecular formula is C12H24. The molecule has 0 aliphatic heterocycles. The van der Waals surface area contributed by atoms with Crippen LogP contribution in [0.5, 0.6) is 0 Å². The maximum atomic E-state index is 2.31. The van der Waals surface area contributed by atoms with Crippen LogP contribution in [0.4, 0.5) is 0 Å². The number of allylic oxidation sites excluding steroid dienone is 2. The fraction of sp³-hybridized carbons (Fsp3) is 0.833. The predicted octanol–water partition coefficient (Wildman–Crippen LogP) is 4.70. The molecule has 0 aromatic rings. The molecule has 0 heterocycles. The van der Waals surface area contributed by atoms with E-state index in [1.807, 2.05) is 0 Å². The summed E-state index contributed by atoms with van der Waals surface area (Å²) in [5.41, 5.74) is 1.67. The van der Waals surface area contributed by atoms with Crippen LogP contribution in [0.25, 0.3) is 0 Å². The lowest BCUT2D eigenvalue weighted by Gasteiger charge is -2.04. The zero-order valence-corrected chi connectivity index (χ0v) is 9.03. The van der Waals surface area contributed by atoms with Crippen molar-refractivity contribution in [2.45, 2.75) is 65.7 Å². The van der Waals surface area contributed by atoms with Gasteiger partial charge in [0.15, 0.2) is 0 Å². The Kier molecular flexibility index (Phi) is 8.64. The Balaban J connectivity index is 3.41. The first-order chi connectivity index (χ1) is 5.85. The molecule has 0 rings (SSSR count). The molecule has 0 aliphatic rings. The first-order valence-corrected chi connectivity index (χ1v) is 5.49. The van der Waals surface area contributed by atoms with Crippen LogP contribution in [0.3, 0.4) is 0 Å². The maximum absolute atomic E-state index is 2.31. The fourth-order valence-corrected chi connectivity index (χ4v) is 1.42. The topological polar surface area (TPSA) is 0 Å². The molecule has 0 nitrogen and oxygen atoms in total. The summed E-state index contributed by atoms with van der Waals surface area (Å²) >= 11 is 0. The van der Waals surface area contributed by atoms with Gasteiger partial charge in [-0.05, 0) is 32.6 Å². The zero-order valence-electron chi connectivity index (χ0n) is 9.03. The zero-order chi connectivity index (χ0) is 9.23. The molecule has 0 heteroatoms. The summed E-state index contributed by atoms with van der Waals surface area (Å²) in [4.78, 5) is 0. The Morgan fingerprint density at radius 3 is 2.00 bits per heavy atom. The van der Waals surface area contributed by atoms with Crippen molar-refractivity contribution in [2.24, 2.45) is 0 Å². The van der Waals surface area contributed by atoms with Gasteiger partial charge in [-0.1, -0.05) is 44.8 Å². The summed E-state index contributed by atoms with van der Waals surface area (Å²) < 4.78 is 0. The summed E-state index contributed by atoms with van der Waals surface area (Å²) in [6.07, 6.45) is 11.8. The van der Waals surface area contributed by atoms with Crippen molar-refractivity contribution in [1.82, 2.24) is 0 Å². The molecule has 0 spiro atoms. The van der Waals surface area contributed by atoms with E-state index in [-0.39, 0.29) is 0 Å². The van der Waals surface area contributed by atoms with Gasteiger partial charge in [0.25, 0.3) is 0 Å². The molecule has 0 aromatic carbocycles. The van der Waals surface area contributed by atoms with E-state index in [4.69, 9.17) is 0 Å². The number of rotatable bonds is 7. The molecule has 12 heavy (non-hydrogen) atoms. The highest BCUT2D eigenvalue weighted by Gasteiger charge is 1.95. The Hall–Kier alpha value is -0.260. The number of unbranched alkanes of at least 4 members (excludes halogenated alkanes) is 3. The van der Waals surface area contributed by atoms with Crippen molar-refractivity contribution in [2.75, 3.05) is 0 Å². The van der Waals surface area contributed by atoms with E-state index in [0.717, 1.165) is 0 Å². The van der Waals surface area contributed by atoms with Gasteiger partial charge < -0.3 is 0 Å². The van der Waals surface area contributed by atoms with Crippen LogP contribution in [-0.4, -0.2) is 0 Å². The molecule has 0 aliphatic carbocycles. The van der Waals surface area contributed by atoms with E-state index in [0.29, 0.717) is 0 Å². The van der Waals surface area contributed by atoms with Gasteiger partial charge in [-0.2, -0.15) is 0 Å². The molecule has 0 atom stereocenters. The Morgan fingerprint density at radius 1 is 0.917 bits per heavy atom. The van der Waals surface area contributed by atoms with E-state index in [9.17, 15) is 0 Å². The first-order valence-electron chi connectivity index (χ1n) is 5.49. The lowest BCUT2D eigenvalue weighted by atomic mass is 10.0. The molecule has 0 radical (unpaired) electrons. The van der Waals surface area contributed by atoms with Crippen LogP contribution in [0.15, 0.2) is 11.6 Å². The third-order valence-electron chi connectivity index (χ3n) is 2.36. The van der Waals surface area contributed by atoms with E-state index >= 15 is 0 Å². The third kappa shape index (κ3) is 6.45. The molecule has 0 aromatic heterocycles. The van der Waals surface area contributed by atoms with Crippen molar-refractivity contribution < 1.29 is 0 Å². The SMILES string of the molecule is CC=C(CCCC)CCCCC. The molecule has 0 amide bonds. The molecule has 0 saturated carbocycles. The van der Waals surface area contributed by atoms with Gasteiger partial charge >= 0.3 is 0 Å². The third-order valence-corrected chi connectivity index (χ3v) is 2.36. The monoisotopic (exact) mass is 168 g/mol. The van der Waals surface area contributed by atoms with Crippen molar-refractivity contribution in [3.05, 3.63) is 11.6 Å². The summed E-state index contributed by atoms with van der Waals surface area (Å²) in [6.45, 7) is 6.71. The largest absolute Gasteiger partial charge is 0.0885 e. The maximum Gasteiger partial charge on any atom is -0.0320 e. The summed E-state index contributed by atoms with van der Waals surface area (Å²) in [5, 5.41) is 0. The van der Waals surface area contributed by atoms with Gasteiger partial charge in [-0.3, -0.25) is 0 Å². The van der Waals surface area contributed by atoms with Crippen LogP contribution in [0, 0.1) is 0 Å². The van der Waals surface area contributed by atoms with E-state index in [2.05, 4.69) is 26.8 Å². The van der Waals surface area contributed by atoms with Crippen molar-refractivity contribution in [1.29, 1.82) is 0 Å². The van der Waals surface area contributed by atoms with Gasteiger partial charge in [0.1, 0.15) is 0 Å². The molecule has 72 valence electrons. The van der Waals surface area contributed by atoms with Gasteiger partial charge in [0.2, 0.25) is 0 Å². The van der Waals surface area contributed by atoms with E-state index in [1.165, 1.54) is 44.9 Å². The Bertz CT molecular complexity index is 111. The molecule has 0 unspecified atom stereocenters. The van der Waals surface area contributed by atoms with Crippen molar-refractivity contribution in [3.8, 4) is 0 Å². The molecule has 0 fully saturated rings. The number of hydrogen-bond acceptors (Lipinski definition) is 0. The lowest BCUT2D eigenvalue weighted by molar-refractivity contribution is 0.677. The second-order valence-corrected chi connectivity index (χ2v) is 3.51. The van der Waals surface area contributed by atoms with Crippen LogP contribution in [0.2, 0.25) is 0 Å². The smallest absolute Gasteiger partial charge is 0.0320 e. The minimum Gasteiger partial charge on any atom is -0.0885 e. The van der Waals surface area contributed by atoms with E-state index < -0.39 is 0 Å². The van der Waals surface area contributed by atoms with Gasteiger partial charge in [-0.25, -0.2) is 0 Å². The molecule has 0 bridgehead atoms. The van der Waals surface area contributed by atoms with Gasteiger partial charge in [0.05, 0.1) is 0 Å².